The van der Waals surface area contributed by atoms with Crippen molar-refractivity contribution in [2.75, 3.05) is 6.54 Å². The Morgan fingerprint density at radius 1 is 1.53 bits per heavy atom. The number of hydrogen-bond donors (Lipinski definition) is 2. The number of nitrogens with two attached hydrogens (primary N) is 1. The average Bonchev–Trinajstić information content (AvgIpc) is 2.14. The molecule has 0 radical (unpaired) electrons. The van der Waals surface area contributed by atoms with Crippen LogP contribution in [0.15, 0.2) is 0 Å². The van der Waals surface area contributed by atoms with Gasteiger partial charge in [0.2, 0.25) is 5.91 Å². The Labute approximate surface area is 92.8 Å². The summed E-state index contributed by atoms with van der Waals surface area (Å²) in [6, 6.07) is 0.535. The summed E-state index contributed by atoms with van der Waals surface area (Å²) in [5, 5.41) is 3.49. The lowest BCUT2D eigenvalue weighted by molar-refractivity contribution is -0.121. The smallest absolute Gasteiger partial charge is 0.221 e. The molecule has 0 aromatic rings. The lowest BCUT2D eigenvalue weighted by Gasteiger charge is -2.39. The molecular weight excluding hydrogens is 188 g/mol. The quantitative estimate of drug-likeness (QED) is 0.744. The second-order valence-electron chi connectivity index (χ2n) is 5.50. The molecule has 0 spiro atoms. The summed E-state index contributed by atoms with van der Waals surface area (Å²) < 4.78 is 0. The van der Waals surface area contributed by atoms with E-state index in [2.05, 4.69) is 19.2 Å². The van der Waals surface area contributed by atoms with Crippen LogP contribution in [0.2, 0.25) is 0 Å². The normalized spacial score (nSPS) is 27.3. The SMILES string of the molecule is CC(CNC1CCCCC1(C)C)C(N)=O. The Morgan fingerprint density at radius 2 is 2.20 bits per heavy atom. The highest BCUT2D eigenvalue weighted by Crippen LogP contribution is 2.35. The van der Waals surface area contributed by atoms with Crippen molar-refractivity contribution in [2.24, 2.45) is 17.1 Å². The summed E-state index contributed by atoms with van der Waals surface area (Å²) in [6.07, 6.45) is 5.12. The molecule has 88 valence electrons. The van der Waals surface area contributed by atoms with Gasteiger partial charge in [0, 0.05) is 18.5 Å². The Kier molecular flexibility index (Phi) is 4.14. The first-order chi connectivity index (χ1) is 6.93. The fourth-order valence-corrected chi connectivity index (χ4v) is 2.29. The fourth-order valence-electron chi connectivity index (χ4n) is 2.29. The summed E-state index contributed by atoms with van der Waals surface area (Å²) in [6.45, 7) is 7.20. The van der Waals surface area contributed by atoms with Crippen LogP contribution in [0.4, 0.5) is 0 Å². The van der Waals surface area contributed by atoms with Crippen LogP contribution in [0.1, 0.15) is 46.5 Å². The van der Waals surface area contributed by atoms with Gasteiger partial charge >= 0.3 is 0 Å². The van der Waals surface area contributed by atoms with Crippen molar-refractivity contribution in [3.63, 3.8) is 0 Å². The molecule has 1 aliphatic carbocycles. The zero-order valence-electron chi connectivity index (χ0n) is 10.2. The first-order valence-electron chi connectivity index (χ1n) is 5.96. The largest absolute Gasteiger partial charge is 0.369 e. The van der Waals surface area contributed by atoms with Crippen LogP contribution in [0, 0.1) is 11.3 Å². The summed E-state index contributed by atoms with van der Waals surface area (Å²) in [7, 11) is 0. The van der Waals surface area contributed by atoms with Gasteiger partial charge in [-0.1, -0.05) is 33.6 Å². The van der Waals surface area contributed by atoms with Crippen molar-refractivity contribution in [3.8, 4) is 0 Å². The molecular formula is C12H24N2O. The maximum absolute atomic E-state index is 10.9. The Hall–Kier alpha value is -0.570. The van der Waals surface area contributed by atoms with Gasteiger partial charge in [0.15, 0.2) is 0 Å². The highest BCUT2D eigenvalue weighted by molar-refractivity contribution is 5.76. The van der Waals surface area contributed by atoms with Crippen molar-refractivity contribution < 1.29 is 4.79 Å². The van der Waals surface area contributed by atoms with Gasteiger partial charge in [-0.25, -0.2) is 0 Å². The molecule has 1 aliphatic rings. The Balaban J connectivity index is 2.39. The number of amides is 1. The summed E-state index contributed by atoms with van der Waals surface area (Å²) in [4.78, 5) is 10.9. The topological polar surface area (TPSA) is 55.1 Å². The van der Waals surface area contributed by atoms with Crippen molar-refractivity contribution in [1.29, 1.82) is 0 Å². The van der Waals surface area contributed by atoms with Crippen LogP contribution in [-0.4, -0.2) is 18.5 Å². The van der Waals surface area contributed by atoms with E-state index in [1.54, 1.807) is 0 Å². The van der Waals surface area contributed by atoms with E-state index in [1.807, 2.05) is 6.92 Å². The molecule has 3 N–H and O–H groups in total. The standard InChI is InChI=1S/C12H24N2O/c1-9(11(13)15)8-14-10-6-4-5-7-12(10,2)3/h9-10,14H,4-8H2,1-3H3,(H2,13,15). The fraction of sp³-hybridized carbons (Fsp3) is 0.917. The molecule has 3 nitrogen and oxygen atoms in total. The van der Waals surface area contributed by atoms with E-state index in [-0.39, 0.29) is 11.8 Å². The number of primary amides is 1. The molecule has 0 aromatic heterocycles. The van der Waals surface area contributed by atoms with E-state index >= 15 is 0 Å². The number of hydrogen-bond acceptors (Lipinski definition) is 2. The first-order valence-corrected chi connectivity index (χ1v) is 5.96. The van der Waals surface area contributed by atoms with Crippen molar-refractivity contribution in [3.05, 3.63) is 0 Å². The Bertz CT molecular complexity index is 226. The Morgan fingerprint density at radius 3 is 2.73 bits per heavy atom. The van der Waals surface area contributed by atoms with Crippen molar-refractivity contribution in [2.45, 2.75) is 52.5 Å². The number of rotatable bonds is 4. The van der Waals surface area contributed by atoms with Gasteiger partial charge in [0.25, 0.3) is 0 Å². The van der Waals surface area contributed by atoms with Crippen LogP contribution in [-0.2, 0) is 4.79 Å². The van der Waals surface area contributed by atoms with Gasteiger partial charge in [-0.3, -0.25) is 4.79 Å². The molecule has 2 atom stereocenters. The molecule has 0 saturated heterocycles. The second kappa shape index (κ2) is 4.97. The van der Waals surface area contributed by atoms with Crippen molar-refractivity contribution >= 4 is 5.91 Å². The first kappa shape index (κ1) is 12.5. The van der Waals surface area contributed by atoms with Crippen LogP contribution < -0.4 is 11.1 Å². The van der Waals surface area contributed by atoms with Gasteiger partial charge in [0.1, 0.15) is 0 Å². The molecule has 2 unspecified atom stereocenters. The molecule has 0 bridgehead atoms. The molecule has 1 rings (SSSR count). The summed E-state index contributed by atoms with van der Waals surface area (Å²) in [5.41, 5.74) is 5.60. The van der Waals surface area contributed by atoms with Crippen LogP contribution >= 0.6 is 0 Å². The molecule has 0 aromatic carbocycles. The van der Waals surface area contributed by atoms with E-state index < -0.39 is 0 Å². The number of nitrogens with one attached hydrogen (secondary N) is 1. The highest BCUT2D eigenvalue weighted by Gasteiger charge is 2.31. The molecule has 1 saturated carbocycles. The average molecular weight is 212 g/mol. The van der Waals surface area contributed by atoms with E-state index in [1.165, 1.54) is 25.7 Å². The predicted molar refractivity (Wildman–Crippen MR) is 62.4 cm³/mol. The zero-order valence-corrected chi connectivity index (χ0v) is 10.2. The van der Waals surface area contributed by atoms with E-state index in [0.29, 0.717) is 18.0 Å². The highest BCUT2D eigenvalue weighted by atomic mass is 16.1. The second-order valence-corrected chi connectivity index (χ2v) is 5.50. The minimum absolute atomic E-state index is 0.0669. The van der Waals surface area contributed by atoms with E-state index in [0.717, 1.165) is 0 Å². The maximum atomic E-state index is 10.9. The molecule has 15 heavy (non-hydrogen) atoms. The summed E-state index contributed by atoms with van der Waals surface area (Å²) in [5.74, 6) is -0.279. The predicted octanol–water partition coefficient (Wildman–Crippen LogP) is 1.67. The van der Waals surface area contributed by atoms with E-state index in [9.17, 15) is 4.79 Å². The van der Waals surface area contributed by atoms with Crippen LogP contribution in [0.25, 0.3) is 0 Å². The lowest BCUT2D eigenvalue weighted by Crippen LogP contribution is -2.46. The van der Waals surface area contributed by atoms with Gasteiger partial charge < -0.3 is 11.1 Å². The zero-order chi connectivity index (χ0) is 11.5. The third-order valence-electron chi connectivity index (χ3n) is 3.66. The third kappa shape index (κ3) is 3.49. The van der Waals surface area contributed by atoms with E-state index in [4.69, 9.17) is 5.73 Å². The molecule has 1 fully saturated rings. The monoisotopic (exact) mass is 212 g/mol. The van der Waals surface area contributed by atoms with Crippen molar-refractivity contribution in [1.82, 2.24) is 5.32 Å². The van der Waals surface area contributed by atoms with Gasteiger partial charge in [-0.05, 0) is 18.3 Å². The minimum atomic E-state index is -0.212. The molecule has 1 amide bonds. The summed E-state index contributed by atoms with van der Waals surface area (Å²) >= 11 is 0. The molecule has 3 heteroatoms. The van der Waals surface area contributed by atoms with Crippen LogP contribution in [0.3, 0.4) is 0 Å². The van der Waals surface area contributed by atoms with Gasteiger partial charge in [-0.2, -0.15) is 0 Å². The number of carbonyl (C=O) groups is 1. The van der Waals surface area contributed by atoms with Gasteiger partial charge in [-0.15, -0.1) is 0 Å². The maximum Gasteiger partial charge on any atom is 0.221 e. The minimum Gasteiger partial charge on any atom is -0.369 e. The van der Waals surface area contributed by atoms with Crippen LogP contribution in [0.5, 0.6) is 0 Å². The third-order valence-corrected chi connectivity index (χ3v) is 3.66. The van der Waals surface area contributed by atoms with Gasteiger partial charge in [0.05, 0.1) is 0 Å². The number of carbonyl (C=O) groups excluding carboxylic acids is 1. The molecule has 0 aliphatic heterocycles. The lowest BCUT2D eigenvalue weighted by atomic mass is 9.73. The molecule has 0 heterocycles.